The Hall–Kier alpha value is -2.82. The van der Waals surface area contributed by atoms with Gasteiger partial charge in [0.1, 0.15) is 12.6 Å². The van der Waals surface area contributed by atoms with Crippen molar-refractivity contribution in [1.82, 2.24) is 0 Å². The van der Waals surface area contributed by atoms with Crippen molar-refractivity contribution in [1.29, 1.82) is 0 Å². The maximum Gasteiger partial charge on any atom is 0.472 e. The van der Waals surface area contributed by atoms with Crippen LogP contribution >= 0.6 is 7.82 Å². The van der Waals surface area contributed by atoms with Crippen LogP contribution in [0.5, 0.6) is 0 Å². The lowest BCUT2D eigenvalue weighted by atomic mass is 10.0. The number of allylic oxidation sites excluding steroid dienone is 10. The van der Waals surface area contributed by atoms with Crippen LogP contribution in [-0.2, 0) is 37.5 Å². The summed E-state index contributed by atoms with van der Waals surface area (Å²) in [6, 6.07) is -1.53. The summed E-state index contributed by atoms with van der Waals surface area (Å²) >= 11 is 0. The van der Waals surface area contributed by atoms with Crippen LogP contribution < -0.4 is 5.73 Å². The molecule has 0 bridgehead atoms. The molecule has 60 heavy (non-hydrogen) atoms. The van der Waals surface area contributed by atoms with E-state index in [9.17, 15) is 23.8 Å². The predicted molar refractivity (Wildman–Crippen MR) is 245 cm³/mol. The van der Waals surface area contributed by atoms with Gasteiger partial charge in [0.15, 0.2) is 6.10 Å². The minimum absolute atomic E-state index is 0.121. The molecule has 0 rings (SSSR count). The third-order valence-corrected chi connectivity index (χ3v) is 10.7. The van der Waals surface area contributed by atoms with E-state index in [0.717, 1.165) is 70.6 Å². The molecule has 0 aromatic rings. The number of hydrogen-bond acceptors (Lipinski definition) is 9. The van der Waals surface area contributed by atoms with E-state index in [1.807, 2.05) is 0 Å². The fourth-order valence-electron chi connectivity index (χ4n) is 6.15. The van der Waals surface area contributed by atoms with Gasteiger partial charge >= 0.3 is 25.7 Å². The van der Waals surface area contributed by atoms with Crippen LogP contribution in [0.4, 0.5) is 0 Å². The standard InChI is InChI=1S/C48H84NO10P/c1-3-5-7-9-11-13-15-17-19-21-22-24-26-28-30-32-34-36-38-40-47(51)59-44(42-57-60(54,55)58-43-45(49)48(52)53)41-56-46(50)39-37-35-33-31-29-27-25-23-20-18-16-14-12-10-8-6-4-2/h5,7,11,13,17,19,22,24,28,30,44-45H,3-4,6,8-10,12,14-16,18,20-21,23,25-27,29,31-43,49H2,1-2H3,(H,52,53)(H,54,55)/b7-5+,13-11+,19-17+,24-22+,30-28+/t44-,45+/m1/s1. The number of carbonyl (C=O) groups excluding carboxylic acids is 2. The SMILES string of the molecule is CC/C=C/C/C=C/C/C=C/C/C=C/C/C=C/CCCCCC(=O)O[C@H](COC(=O)CCCCCCCCCCCCCCCCCCC)COP(=O)(O)OC[C@H](N)C(=O)O. The second-order valence-electron chi connectivity index (χ2n) is 15.5. The molecule has 346 valence electrons. The highest BCUT2D eigenvalue weighted by Crippen LogP contribution is 2.43. The molecular weight excluding hydrogens is 781 g/mol. The van der Waals surface area contributed by atoms with Gasteiger partial charge in [-0.05, 0) is 57.8 Å². The Kier molecular flexibility index (Phi) is 40.8. The molecule has 0 saturated carbocycles. The molecule has 0 saturated heterocycles. The topological polar surface area (TPSA) is 172 Å². The van der Waals surface area contributed by atoms with Gasteiger partial charge in [0.25, 0.3) is 0 Å². The second kappa shape index (κ2) is 42.9. The average Bonchev–Trinajstić information content (AvgIpc) is 3.22. The number of phosphoric ester groups is 1. The second-order valence-corrected chi connectivity index (χ2v) is 17.0. The van der Waals surface area contributed by atoms with Gasteiger partial charge in [0.2, 0.25) is 0 Å². The lowest BCUT2D eigenvalue weighted by Crippen LogP contribution is -2.34. The highest BCUT2D eigenvalue weighted by molar-refractivity contribution is 7.47. The van der Waals surface area contributed by atoms with Crippen LogP contribution in [-0.4, -0.2) is 59.9 Å². The first kappa shape index (κ1) is 57.2. The Balaban J connectivity index is 4.38. The fraction of sp³-hybridized carbons (Fsp3) is 0.729. The Morgan fingerprint density at radius 3 is 1.40 bits per heavy atom. The fourth-order valence-corrected chi connectivity index (χ4v) is 6.93. The summed E-state index contributed by atoms with van der Waals surface area (Å²) in [5.74, 6) is -2.42. The molecule has 0 aliphatic rings. The number of esters is 2. The van der Waals surface area contributed by atoms with Crippen LogP contribution in [0.15, 0.2) is 60.8 Å². The predicted octanol–water partition coefficient (Wildman–Crippen LogP) is 12.7. The van der Waals surface area contributed by atoms with Crippen molar-refractivity contribution in [3.8, 4) is 0 Å². The molecule has 0 amide bonds. The lowest BCUT2D eigenvalue weighted by Gasteiger charge is -2.20. The normalized spacial score (nSPS) is 14.2. The Morgan fingerprint density at radius 2 is 0.933 bits per heavy atom. The lowest BCUT2D eigenvalue weighted by molar-refractivity contribution is -0.161. The number of hydrogen-bond donors (Lipinski definition) is 3. The van der Waals surface area contributed by atoms with Gasteiger partial charge in [-0.15, -0.1) is 0 Å². The van der Waals surface area contributed by atoms with Gasteiger partial charge in [0.05, 0.1) is 13.2 Å². The molecule has 1 unspecified atom stereocenters. The largest absolute Gasteiger partial charge is 0.480 e. The molecule has 0 radical (unpaired) electrons. The van der Waals surface area contributed by atoms with Gasteiger partial charge in [0, 0.05) is 12.8 Å². The third-order valence-electron chi connectivity index (χ3n) is 9.78. The molecule has 0 heterocycles. The van der Waals surface area contributed by atoms with Crippen molar-refractivity contribution in [2.24, 2.45) is 5.73 Å². The van der Waals surface area contributed by atoms with Crippen LogP contribution in [0.3, 0.4) is 0 Å². The molecular formula is C48H84NO10P. The highest BCUT2D eigenvalue weighted by Gasteiger charge is 2.28. The molecule has 3 atom stereocenters. The number of phosphoric acid groups is 1. The zero-order chi connectivity index (χ0) is 44.2. The van der Waals surface area contributed by atoms with Crippen molar-refractivity contribution >= 4 is 25.7 Å². The summed E-state index contributed by atoms with van der Waals surface area (Å²) in [5.41, 5.74) is 5.34. The quantitative estimate of drug-likeness (QED) is 0.0230. The summed E-state index contributed by atoms with van der Waals surface area (Å²) < 4.78 is 32.7. The van der Waals surface area contributed by atoms with Crippen LogP contribution in [0, 0.1) is 0 Å². The van der Waals surface area contributed by atoms with Crippen molar-refractivity contribution in [2.75, 3.05) is 19.8 Å². The van der Waals surface area contributed by atoms with Gasteiger partial charge in [-0.3, -0.25) is 23.4 Å². The van der Waals surface area contributed by atoms with E-state index in [4.69, 9.17) is 24.8 Å². The van der Waals surface area contributed by atoms with Crippen molar-refractivity contribution < 1.29 is 47.5 Å². The van der Waals surface area contributed by atoms with Crippen molar-refractivity contribution in [3.05, 3.63) is 60.8 Å². The van der Waals surface area contributed by atoms with Gasteiger partial charge in [-0.1, -0.05) is 184 Å². The van der Waals surface area contributed by atoms with Crippen LogP contribution in [0.1, 0.15) is 194 Å². The smallest absolute Gasteiger partial charge is 0.472 e. The van der Waals surface area contributed by atoms with Crippen molar-refractivity contribution in [3.63, 3.8) is 0 Å². The van der Waals surface area contributed by atoms with Crippen molar-refractivity contribution in [2.45, 2.75) is 206 Å². The number of nitrogens with two attached hydrogens (primary N) is 1. The monoisotopic (exact) mass is 866 g/mol. The van der Waals surface area contributed by atoms with E-state index in [0.29, 0.717) is 12.8 Å². The maximum absolute atomic E-state index is 12.6. The number of carboxylic acids is 1. The Morgan fingerprint density at radius 1 is 0.533 bits per heavy atom. The molecule has 0 aromatic heterocycles. The number of carbonyl (C=O) groups is 3. The molecule has 0 aromatic carbocycles. The zero-order valence-electron chi connectivity index (χ0n) is 37.5. The molecule has 0 aliphatic carbocycles. The molecule has 0 aliphatic heterocycles. The van der Waals surface area contributed by atoms with Gasteiger partial charge in [-0.2, -0.15) is 0 Å². The molecule has 11 nitrogen and oxygen atoms in total. The first-order valence-electron chi connectivity index (χ1n) is 23.3. The highest BCUT2D eigenvalue weighted by atomic mass is 31.2. The maximum atomic E-state index is 12.6. The number of unbranched alkanes of at least 4 members (excludes halogenated alkanes) is 19. The van der Waals surface area contributed by atoms with Crippen LogP contribution in [0.25, 0.3) is 0 Å². The first-order chi connectivity index (χ1) is 29.1. The summed E-state index contributed by atoms with van der Waals surface area (Å²) in [4.78, 5) is 46.1. The zero-order valence-corrected chi connectivity index (χ0v) is 38.4. The third kappa shape index (κ3) is 41.9. The Labute approximate surface area is 364 Å². The summed E-state index contributed by atoms with van der Waals surface area (Å²) in [6.45, 7) is 2.67. The number of aliphatic carboxylic acids is 1. The number of ether oxygens (including phenoxy) is 2. The molecule has 12 heteroatoms. The average molecular weight is 866 g/mol. The van der Waals surface area contributed by atoms with Crippen LogP contribution in [0.2, 0.25) is 0 Å². The van der Waals surface area contributed by atoms with Gasteiger partial charge in [-0.25, -0.2) is 4.57 Å². The van der Waals surface area contributed by atoms with E-state index in [1.165, 1.54) is 83.5 Å². The summed E-state index contributed by atoms with van der Waals surface area (Å²) in [6.07, 6.45) is 50.0. The number of rotatable bonds is 43. The Bertz CT molecular complexity index is 1250. The first-order valence-corrected chi connectivity index (χ1v) is 24.8. The van der Waals surface area contributed by atoms with Gasteiger partial charge < -0.3 is 25.2 Å². The summed E-state index contributed by atoms with van der Waals surface area (Å²) in [7, 11) is -4.73. The van der Waals surface area contributed by atoms with E-state index < -0.39 is 51.1 Å². The summed E-state index contributed by atoms with van der Waals surface area (Å²) in [5, 5.41) is 8.90. The minimum atomic E-state index is -4.73. The molecule has 4 N–H and O–H groups in total. The molecule has 0 spiro atoms. The van der Waals surface area contributed by atoms with E-state index in [2.05, 4.69) is 79.1 Å². The van der Waals surface area contributed by atoms with E-state index in [1.54, 1.807) is 0 Å². The minimum Gasteiger partial charge on any atom is -0.480 e. The van der Waals surface area contributed by atoms with E-state index >= 15 is 0 Å². The molecule has 0 fully saturated rings. The number of carboxylic acid groups (broad SMARTS) is 1. The van der Waals surface area contributed by atoms with E-state index in [-0.39, 0.29) is 19.4 Å².